The van der Waals surface area contributed by atoms with Gasteiger partial charge in [0.25, 0.3) is 0 Å². The Bertz CT molecular complexity index is 1050. The number of carbonyl (C=O) groups is 1. The molecular weight excluding hydrogens is 460 g/mol. The van der Waals surface area contributed by atoms with E-state index in [-0.39, 0.29) is 6.10 Å². The molecule has 1 fully saturated rings. The molecule has 2 aromatic carbocycles. The first kappa shape index (κ1) is 23.6. The number of hydrogen-bond donors (Lipinski definition) is 1. The van der Waals surface area contributed by atoms with Crippen molar-refractivity contribution in [3.8, 4) is 0 Å². The molecule has 2 N–H and O–H groups in total. The number of rotatable bonds is 9. The number of ether oxygens (including phenoxy) is 2. The lowest BCUT2D eigenvalue weighted by Crippen LogP contribution is -2.37. The van der Waals surface area contributed by atoms with E-state index in [0.29, 0.717) is 13.2 Å². The molecule has 2 unspecified atom stereocenters. The number of anilines is 1. The zero-order valence-electron chi connectivity index (χ0n) is 18.4. The number of aryl methyl sites for hydroxylation is 1. The SMILES string of the molecule is CN(C(N)=O)c1ccc(SCC2COC(CCc3ccc(Cl)cc3)(Cn3ccnc3)O2)cc1. The van der Waals surface area contributed by atoms with Gasteiger partial charge in [0.2, 0.25) is 0 Å². The van der Waals surface area contributed by atoms with Crippen molar-refractivity contribution in [3.63, 3.8) is 0 Å². The Morgan fingerprint density at radius 1 is 1.27 bits per heavy atom. The van der Waals surface area contributed by atoms with E-state index in [1.54, 1.807) is 31.3 Å². The summed E-state index contributed by atoms with van der Waals surface area (Å²) in [6.07, 6.45) is 6.97. The van der Waals surface area contributed by atoms with E-state index in [0.717, 1.165) is 34.2 Å². The molecule has 3 aromatic rings. The van der Waals surface area contributed by atoms with Crippen molar-refractivity contribution in [2.24, 2.45) is 5.73 Å². The molecule has 33 heavy (non-hydrogen) atoms. The number of primary amides is 1. The summed E-state index contributed by atoms with van der Waals surface area (Å²) < 4.78 is 14.8. The number of thioether (sulfide) groups is 1. The van der Waals surface area contributed by atoms with Crippen molar-refractivity contribution in [1.82, 2.24) is 9.55 Å². The average Bonchev–Trinajstić information content (AvgIpc) is 3.48. The number of amides is 2. The number of nitrogens with zero attached hydrogens (tertiary/aromatic N) is 3. The molecule has 7 nitrogen and oxygen atoms in total. The second kappa shape index (κ2) is 10.6. The molecule has 1 aromatic heterocycles. The molecule has 2 amide bonds. The molecule has 1 aliphatic rings. The van der Waals surface area contributed by atoms with Crippen LogP contribution in [0.25, 0.3) is 0 Å². The summed E-state index contributed by atoms with van der Waals surface area (Å²) in [4.78, 5) is 18.0. The van der Waals surface area contributed by atoms with E-state index < -0.39 is 11.8 Å². The van der Waals surface area contributed by atoms with Gasteiger partial charge in [0, 0.05) is 47.2 Å². The van der Waals surface area contributed by atoms with Crippen LogP contribution in [0.3, 0.4) is 0 Å². The van der Waals surface area contributed by atoms with Gasteiger partial charge in [0.1, 0.15) is 0 Å². The van der Waals surface area contributed by atoms with E-state index in [4.69, 9.17) is 26.8 Å². The normalized spacial score (nSPS) is 20.1. The van der Waals surface area contributed by atoms with Gasteiger partial charge in [-0.15, -0.1) is 11.8 Å². The largest absolute Gasteiger partial charge is 0.351 e. The molecule has 9 heteroatoms. The van der Waals surface area contributed by atoms with Crippen LogP contribution in [0.15, 0.2) is 72.1 Å². The van der Waals surface area contributed by atoms with Gasteiger partial charge in [0.05, 0.1) is 25.6 Å². The second-order valence-corrected chi connectivity index (χ2v) is 9.56. The van der Waals surface area contributed by atoms with E-state index in [9.17, 15) is 4.79 Å². The molecule has 0 spiro atoms. The van der Waals surface area contributed by atoms with Gasteiger partial charge in [-0.2, -0.15) is 0 Å². The van der Waals surface area contributed by atoms with Crippen molar-refractivity contribution in [2.75, 3.05) is 24.3 Å². The van der Waals surface area contributed by atoms with Gasteiger partial charge in [0.15, 0.2) is 5.79 Å². The number of aromatic nitrogens is 2. The molecule has 1 aliphatic heterocycles. The van der Waals surface area contributed by atoms with Crippen LogP contribution in [-0.2, 0) is 22.4 Å². The Hall–Kier alpha value is -2.52. The maximum atomic E-state index is 11.3. The Morgan fingerprint density at radius 3 is 2.70 bits per heavy atom. The van der Waals surface area contributed by atoms with Crippen molar-refractivity contribution in [3.05, 3.63) is 77.8 Å². The molecule has 0 saturated carbocycles. The van der Waals surface area contributed by atoms with Gasteiger partial charge >= 0.3 is 6.03 Å². The van der Waals surface area contributed by atoms with E-state index in [2.05, 4.69) is 4.98 Å². The van der Waals surface area contributed by atoms with Gasteiger partial charge in [-0.05, 0) is 48.4 Å². The van der Waals surface area contributed by atoms with Gasteiger partial charge in [-0.25, -0.2) is 9.78 Å². The quantitative estimate of drug-likeness (QED) is 0.447. The lowest BCUT2D eigenvalue weighted by Gasteiger charge is -2.28. The van der Waals surface area contributed by atoms with Crippen molar-refractivity contribution in [1.29, 1.82) is 0 Å². The minimum atomic E-state index is -0.709. The van der Waals surface area contributed by atoms with Gasteiger partial charge < -0.3 is 19.8 Å². The highest BCUT2D eigenvalue weighted by Crippen LogP contribution is 2.33. The van der Waals surface area contributed by atoms with Crippen LogP contribution in [0.2, 0.25) is 5.02 Å². The van der Waals surface area contributed by atoms with E-state index >= 15 is 0 Å². The van der Waals surface area contributed by atoms with E-state index in [1.165, 1.54) is 10.5 Å². The summed E-state index contributed by atoms with van der Waals surface area (Å²) in [5.41, 5.74) is 7.28. The van der Waals surface area contributed by atoms with Crippen molar-refractivity contribution >= 4 is 35.1 Å². The van der Waals surface area contributed by atoms with Crippen LogP contribution in [0.1, 0.15) is 12.0 Å². The van der Waals surface area contributed by atoms with Gasteiger partial charge in [-0.1, -0.05) is 23.7 Å². The number of urea groups is 1. The fourth-order valence-corrected chi connectivity index (χ4v) is 4.72. The highest BCUT2D eigenvalue weighted by atomic mass is 35.5. The maximum absolute atomic E-state index is 11.3. The highest BCUT2D eigenvalue weighted by Gasteiger charge is 2.41. The molecule has 2 heterocycles. The molecule has 0 bridgehead atoms. The summed E-state index contributed by atoms with van der Waals surface area (Å²) in [6.45, 7) is 1.11. The smallest absolute Gasteiger partial charge is 0.318 e. The Kier molecular flexibility index (Phi) is 7.60. The monoisotopic (exact) mass is 486 g/mol. The Morgan fingerprint density at radius 2 is 2.03 bits per heavy atom. The first-order chi connectivity index (χ1) is 15.9. The Balaban J connectivity index is 1.37. The minimum absolute atomic E-state index is 0.0308. The standard InChI is InChI=1S/C24H27ClN4O3S/c1-28(23(26)30)20-6-8-22(9-7-20)33-15-21-14-31-24(32-21,16-29-13-12-27-17-29)11-10-18-2-4-19(25)5-3-18/h2-9,12-13,17,21H,10-11,14-16H2,1H3,(H2,26,30). The van der Waals surface area contributed by atoms with Crippen LogP contribution < -0.4 is 10.6 Å². The number of nitrogens with two attached hydrogens (primary N) is 1. The first-order valence-corrected chi connectivity index (χ1v) is 12.1. The van der Waals surface area contributed by atoms with Crippen LogP contribution in [-0.4, -0.2) is 46.9 Å². The summed E-state index contributed by atoms with van der Waals surface area (Å²) in [5, 5.41) is 0.728. The molecule has 1 saturated heterocycles. The van der Waals surface area contributed by atoms with Crippen LogP contribution >= 0.6 is 23.4 Å². The van der Waals surface area contributed by atoms with Crippen LogP contribution in [0.4, 0.5) is 10.5 Å². The van der Waals surface area contributed by atoms with Gasteiger partial charge in [-0.3, -0.25) is 4.90 Å². The number of benzene rings is 2. The van der Waals surface area contributed by atoms with Crippen molar-refractivity contribution < 1.29 is 14.3 Å². The third kappa shape index (κ3) is 6.29. The number of hydrogen-bond acceptors (Lipinski definition) is 5. The molecule has 0 radical (unpaired) electrons. The summed E-state index contributed by atoms with van der Waals surface area (Å²) in [5.74, 6) is 0.0528. The lowest BCUT2D eigenvalue weighted by molar-refractivity contribution is -0.180. The molecule has 4 rings (SSSR count). The maximum Gasteiger partial charge on any atom is 0.318 e. The summed E-state index contributed by atoms with van der Waals surface area (Å²) >= 11 is 7.72. The predicted octanol–water partition coefficient (Wildman–Crippen LogP) is 4.59. The fraction of sp³-hybridized carbons (Fsp3) is 0.333. The number of halogens is 1. The molecular formula is C24H27ClN4O3S. The van der Waals surface area contributed by atoms with Crippen LogP contribution in [0, 0.1) is 0 Å². The summed E-state index contributed by atoms with van der Waals surface area (Å²) in [6, 6.07) is 15.1. The van der Waals surface area contributed by atoms with E-state index in [1.807, 2.05) is 59.3 Å². The fourth-order valence-electron chi connectivity index (χ4n) is 3.72. The molecule has 174 valence electrons. The lowest BCUT2D eigenvalue weighted by atomic mass is 10.0. The Labute approximate surface area is 202 Å². The topological polar surface area (TPSA) is 82.6 Å². The number of imidazole rings is 1. The zero-order chi connectivity index (χ0) is 23.3. The molecule has 0 aliphatic carbocycles. The van der Waals surface area contributed by atoms with Crippen molar-refractivity contribution in [2.45, 2.75) is 36.2 Å². The highest BCUT2D eigenvalue weighted by molar-refractivity contribution is 7.99. The summed E-state index contributed by atoms with van der Waals surface area (Å²) in [7, 11) is 1.65. The second-order valence-electron chi connectivity index (χ2n) is 8.03. The average molecular weight is 487 g/mol. The number of carbonyl (C=O) groups excluding carboxylic acids is 1. The van der Waals surface area contributed by atoms with Crippen LogP contribution in [0.5, 0.6) is 0 Å². The third-order valence-corrected chi connectivity index (χ3v) is 6.99. The minimum Gasteiger partial charge on any atom is -0.351 e. The predicted molar refractivity (Wildman–Crippen MR) is 131 cm³/mol. The molecule has 2 atom stereocenters. The first-order valence-electron chi connectivity index (χ1n) is 10.7. The third-order valence-electron chi connectivity index (χ3n) is 5.59. The zero-order valence-corrected chi connectivity index (χ0v) is 20.0.